The number of carboxylic acid groups (broad SMARTS) is 1. The number of carbonyl (C=O) groups excluding carboxylic acids is 1. The highest BCUT2D eigenvalue weighted by atomic mass is 16.5. The van der Waals surface area contributed by atoms with E-state index in [1.54, 1.807) is 4.90 Å². The SMILES string of the molecule is CC1CCN(C(=O)[C@@H]2CC[C@H](C(=O)O)O2)c2ccccc21. The summed E-state index contributed by atoms with van der Waals surface area (Å²) in [5.74, 6) is -0.669. The van der Waals surface area contributed by atoms with Crippen molar-refractivity contribution in [3.05, 3.63) is 29.8 Å². The maximum absolute atomic E-state index is 12.6. The maximum Gasteiger partial charge on any atom is 0.332 e. The van der Waals surface area contributed by atoms with Crippen molar-refractivity contribution in [3.63, 3.8) is 0 Å². The van der Waals surface area contributed by atoms with E-state index >= 15 is 0 Å². The molecule has 0 aliphatic carbocycles. The second kappa shape index (κ2) is 5.48. The van der Waals surface area contributed by atoms with Crippen LogP contribution in [0.1, 0.15) is 37.7 Å². The molecule has 1 fully saturated rings. The van der Waals surface area contributed by atoms with Gasteiger partial charge in [-0.3, -0.25) is 4.79 Å². The quantitative estimate of drug-likeness (QED) is 0.906. The average molecular weight is 289 g/mol. The molecule has 1 aromatic carbocycles. The van der Waals surface area contributed by atoms with Crippen molar-refractivity contribution in [1.82, 2.24) is 0 Å². The van der Waals surface area contributed by atoms with Crippen LogP contribution >= 0.6 is 0 Å². The normalized spacial score (nSPS) is 28.2. The Labute approximate surface area is 123 Å². The van der Waals surface area contributed by atoms with Crippen molar-refractivity contribution < 1.29 is 19.4 Å². The Morgan fingerprint density at radius 2 is 1.90 bits per heavy atom. The summed E-state index contributed by atoms with van der Waals surface area (Å²) in [4.78, 5) is 25.3. The molecule has 1 unspecified atom stereocenters. The lowest BCUT2D eigenvalue weighted by molar-refractivity contribution is -0.151. The number of para-hydroxylation sites is 1. The third-order valence-electron chi connectivity index (χ3n) is 4.38. The summed E-state index contributed by atoms with van der Waals surface area (Å²) in [5.41, 5.74) is 2.11. The lowest BCUT2D eigenvalue weighted by Gasteiger charge is -2.34. The number of amides is 1. The van der Waals surface area contributed by atoms with Crippen molar-refractivity contribution in [1.29, 1.82) is 0 Å². The van der Waals surface area contributed by atoms with E-state index in [1.807, 2.05) is 18.2 Å². The molecule has 0 aromatic heterocycles. The first-order chi connectivity index (χ1) is 10.1. The lowest BCUT2D eigenvalue weighted by atomic mass is 9.91. The predicted molar refractivity (Wildman–Crippen MR) is 77.4 cm³/mol. The Kier molecular flexibility index (Phi) is 3.68. The number of fused-ring (bicyclic) bond motifs is 1. The summed E-state index contributed by atoms with van der Waals surface area (Å²) < 4.78 is 5.39. The molecule has 112 valence electrons. The third-order valence-corrected chi connectivity index (χ3v) is 4.38. The standard InChI is InChI=1S/C16H19NO4/c1-10-8-9-17(12-5-3-2-4-11(10)12)15(18)13-6-7-14(21-13)16(19)20/h2-5,10,13-14H,6-9H2,1H3,(H,19,20)/t10?,13-,14+/m0/s1. The minimum atomic E-state index is -0.988. The van der Waals surface area contributed by atoms with Crippen LogP contribution in [0.25, 0.3) is 0 Å². The molecule has 0 radical (unpaired) electrons. The van der Waals surface area contributed by atoms with Crippen LogP contribution in [0.5, 0.6) is 0 Å². The van der Waals surface area contributed by atoms with Crippen molar-refractivity contribution >= 4 is 17.6 Å². The number of carbonyl (C=O) groups is 2. The second-order valence-corrected chi connectivity index (χ2v) is 5.77. The van der Waals surface area contributed by atoms with Gasteiger partial charge in [0.05, 0.1) is 0 Å². The zero-order valence-corrected chi connectivity index (χ0v) is 12.0. The van der Waals surface area contributed by atoms with Gasteiger partial charge in [-0.25, -0.2) is 4.79 Å². The van der Waals surface area contributed by atoms with Gasteiger partial charge in [0.1, 0.15) is 6.10 Å². The number of anilines is 1. The summed E-state index contributed by atoms with van der Waals surface area (Å²) in [6.45, 7) is 2.82. The molecule has 1 aromatic rings. The van der Waals surface area contributed by atoms with Crippen LogP contribution in [0.2, 0.25) is 0 Å². The number of hydrogen-bond acceptors (Lipinski definition) is 3. The first-order valence-corrected chi connectivity index (χ1v) is 7.36. The molecule has 0 saturated carbocycles. The molecule has 3 atom stereocenters. The van der Waals surface area contributed by atoms with Gasteiger partial charge in [-0.05, 0) is 36.8 Å². The minimum Gasteiger partial charge on any atom is -0.479 e. The molecule has 2 aliphatic rings. The molecular weight excluding hydrogens is 270 g/mol. The van der Waals surface area contributed by atoms with E-state index in [0.717, 1.165) is 12.1 Å². The first kappa shape index (κ1) is 14.1. The van der Waals surface area contributed by atoms with Gasteiger partial charge in [0.15, 0.2) is 6.10 Å². The van der Waals surface area contributed by atoms with Crippen molar-refractivity contribution in [2.75, 3.05) is 11.4 Å². The summed E-state index contributed by atoms with van der Waals surface area (Å²) in [5, 5.41) is 8.97. The molecule has 1 saturated heterocycles. The van der Waals surface area contributed by atoms with E-state index in [9.17, 15) is 9.59 Å². The molecule has 0 bridgehead atoms. The van der Waals surface area contributed by atoms with E-state index < -0.39 is 18.2 Å². The molecule has 1 amide bonds. The molecule has 2 heterocycles. The van der Waals surface area contributed by atoms with Gasteiger partial charge in [0, 0.05) is 12.2 Å². The van der Waals surface area contributed by atoms with E-state index in [0.29, 0.717) is 25.3 Å². The largest absolute Gasteiger partial charge is 0.479 e. The molecule has 5 heteroatoms. The van der Waals surface area contributed by atoms with Crippen LogP contribution in [0.4, 0.5) is 5.69 Å². The molecular formula is C16H19NO4. The third kappa shape index (κ3) is 2.53. The van der Waals surface area contributed by atoms with Gasteiger partial charge in [0.25, 0.3) is 5.91 Å². The van der Waals surface area contributed by atoms with Gasteiger partial charge >= 0.3 is 5.97 Å². The molecule has 5 nitrogen and oxygen atoms in total. The van der Waals surface area contributed by atoms with Gasteiger partial charge in [-0.1, -0.05) is 25.1 Å². The van der Waals surface area contributed by atoms with Gasteiger partial charge < -0.3 is 14.7 Å². The maximum atomic E-state index is 12.6. The number of aliphatic carboxylic acids is 1. The summed E-state index contributed by atoms with van der Waals surface area (Å²) in [7, 11) is 0. The number of hydrogen-bond donors (Lipinski definition) is 1. The number of benzene rings is 1. The fourth-order valence-electron chi connectivity index (χ4n) is 3.15. The Hall–Kier alpha value is -1.88. The van der Waals surface area contributed by atoms with Crippen LogP contribution in [0.3, 0.4) is 0 Å². The molecule has 0 spiro atoms. The van der Waals surface area contributed by atoms with Crippen molar-refractivity contribution in [2.45, 2.75) is 44.3 Å². The van der Waals surface area contributed by atoms with E-state index in [-0.39, 0.29) is 5.91 Å². The Bertz CT molecular complexity index is 571. The van der Waals surface area contributed by atoms with E-state index in [4.69, 9.17) is 9.84 Å². The first-order valence-electron chi connectivity index (χ1n) is 7.36. The van der Waals surface area contributed by atoms with Crippen molar-refractivity contribution in [2.24, 2.45) is 0 Å². The number of carboxylic acids is 1. The molecule has 21 heavy (non-hydrogen) atoms. The van der Waals surface area contributed by atoms with E-state index in [1.165, 1.54) is 5.56 Å². The van der Waals surface area contributed by atoms with Gasteiger partial charge in [-0.15, -0.1) is 0 Å². The van der Waals surface area contributed by atoms with Crippen LogP contribution < -0.4 is 4.90 Å². The fourth-order valence-corrected chi connectivity index (χ4v) is 3.15. The number of nitrogens with zero attached hydrogens (tertiary/aromatic N) is 1. The zero-order valence-electron chi connectivity index (χ0n) is 12.0. The van der Waals surface area contributed by atoms with Crippen LogP contribution in [-0.4, -0.2) is 35.7 Å². The summed E-state index contributed by atoms with van der Waals surface area (Å²) in [6.07, 6.45) is 0.310. The zero-order chi connectivity index (χ0) is 15.0. The predicted octanol–water partition coefficient (Wildman–Crippen LogP) is 2.16. The van der Waals surface area contributed by atoms with Crippen LogP contribution in [-0.2, 0) is 14.3 Å². The van der Waals surface area contributed by atoms with Crippen molar-refractivity contribution in [3.8, 4) is 0 Å². The lowest BCUT2D eigenvalue weighted by Crippen LogP contribution is -2.43. The molecule has 3 rings (SSSR count). The Balaban J connectivity index is 1.80. The average Bonchev–Trinajstić information content (AvgIpc) is 2.97. The van der Waals surface area contributed by atoms with Crippen LogP contribution in [0, 0.1) is 0 Å². The van der Waals surface area contributed by atoms with E-state index in [2.05, 4.69) is 13.0 Å². The summed E-state index contributed by atoms with van der Waals surface area (Å²) >= 11 is 0. The Morgan fingerprint density at radius 3 is 2.62 bits per heavy atom. The second-order valence-electron chi connectivity index (χ2n) is 5.77. The molecule has 1 N–H and O–H groups in total. The van der Waals surface area contributed by atoms with Gasteiger partial charge in [-0.2, -0.15) is 0 Å². The van der Waals surface area contributed by atoms with Crippen LogP contribution in [0.15, 0.2) is 24.3 Å². The van der Waals surface area contributed by atoms with Gasteiger partial charge in [0.2, 0.25) is 0 Å². The Morgan fingerprint density at radius 1 is 1.19 bits per heavy atom. The highest BCUT2D eigenvalue weighted by Gasteiger charge is 2.38. The minimum absolute atomic E-state index is 0.113. The topological polar surface area (TPSA) is 66.8 Å². The highest BCUT2D eigenvalue weighted by molar-refractivity contribution is 5.98. The number of ether oxygens (including phenoxy) is 1. The summed E-state index contributed by atoms with van der Waals surface area (Å²) in [6, 6.07) is 7.91. The molecule has 2 aliphatic heterocycles. The fraction of sp³-hybridized carbons (Fsp3) is 0.500. The number of rotatable bonds is 2. The monoisotopic (exact) mass is 289 g/mol. The smallest absolute Gasteiger partial charge is 0.332 e. The highest BCUT2D eigenvalue weighted by Crippen LogP contribution is 2.36.